The first-order chi connectivity index (χ1) is 21.9. The molecule has 2 atom stereocenters. The Labute approximate surface area is 269 Å². The molecule has 234 valence electrons. The molecule has 2 heterocycles. The molecule has 0 saturated heterocycles. The third-order valence-electron chi connectivity index (χ3n) is 11.0. The molecule has 6 nitrogen and oxygen atoms in total. The molecule has 8 rings (SSSR count). The van der Waals surface area contributed by atoms with Crippen LogP contribution in [0.1, 0.15) is 102 Å². The molecule has 0 aromatic heterocycles. The van der Waals surface area contributed by atoms with Gasteiger partial charge in [0.25, 0.3) is 0 Å². The second-order valence-corrected chi connectivity index (χ2v) is 14.8. The van der Waals surface area contributed by atoms with Gasteiger partial charge in [0.05, 0.1) is 18.1 Å². The lowest BCUT2D eigenvalue weighted by Gasteiger charge is -2.30. The highest BCUT2D eigenvalue weighted by atomic mass is 16.5. The number of ketones is 1. The molecule has 4 aromatic carbocycles. The number of fused-ring (bicyclic) bond motifs is 8. The molecule has 0 bridgehead atoms. The Morgan fingerprint density at radius 2 is 1.13 bits per heavy atom. The largest absolute Gasteiger partial charge is 0.497 e. The molecule has 0 fully saturated rings. The third kappa shape index (κ3) is 3.95. The lowest BCUT2D eigenvalue weighted by molar-refractivity contribution is 0.0734. The summed E-state index contributed by atoms with van der Waals surface area (Å²) in [6.45, 7) is 11.6. The van der Waals surface area contributed by atoms with E-state index in [1.165, 1.54) is 16.7 Å². The quantitative estimate of drug-likeness (QED) is 0.133. The van der Waals surface area contributed by atoms with Crippen LogP contribution >= 0.6 is 0 Å². The maximum absolute atomic E-state index is 13.9. The minimum absolute atomic E-state index is 0.0609. The Bertz CT molecular complexity index is 1980. The van der Waals surface area contributed by atoms with Crippen molar-refractivity contribution < 1.29 is 28.5 Å². The molecule has 0 amide bonds. The van der Waals surface area contributed by atoms with Crippen molar-refractivity contribution in [2.75, 3.05) is 20.3 Å². The van der Waals surface area contributed by atoms with Gasteiger partial charge in [-0.2, -0.15) is 0 Å². The first-order valence-corrected chi connectivity index (χ1v) is 16.0. The van der Waals surface area contributed by atoms with E-state index in [0.29, 0.717) is 24.5 Å². The summed E-state index contributed by atoms with van der Waals surface area (Å²) in [6.07, 6.45) is 1.82. The SMILES string of the molecule is COc1ccc2c(c1)C1(CO2)COc2ccc(OC(=O)c3ccc4c(c3)C3(CC(C)(C)c5ccc(C(C)=O)cc53)CC4(C)C)cc21. The number of hydrogen-bond donors (Lipinski definition) is 0. The van der Waals surface area contributed by atoms with E-state index in [-0.39, 0.29) is 22.0 Å². The molecule has 6 heteroatoms. The zero-order valence-corrected chi connectivity index (χ0v) is 27.2. The van der Waals surface area contributed by atoms with Gasteiger partial charge in [-0.3, -0.25) is 4.79 Å². The summed E-state index contributed by atoms with van der Waals surface area (Å²) in [5.74, 6) is 2.43. The van der Waals surface area contributed by atoms with Crippen molar-refractivity contribution >= 4 is 11.8 Å². The van der Waals surface area contributed by atoms with Crippen molar-refractivity contribution in [1.29, 1.82) is 0 Å². The molecule has 2 aliphatic carbocycles. The smallest absolute Gasteiger partial charge is 0.343 e. The number of carbonyl (C=O) groups excluding carboxylic acids is 2. The van der Waals surface area contributed by atoms with E-state index in [1.54, 1.807) is 20.1 Å². The number of esters is 1. The molecule has 4 aliphatic rings. The summed E-state index contributed by atoms with van der Waals surface area (Å²) in [7, 11) is 1.65. The fourth-order valence-electron chi connectivity index (χ4n) is 8.97. The van der Waals surface area contributed by atoms with Crippen LogP contribution in [0.5, 0.6) is 23.0 Å². The second-order valence-electron chi connectivity index (χ2n) is 14.8. The van der Waals surface area contributed by atoms with Crippen molar-refractivity contribution in [1.82, 2.24) is 0 Å². The maximum Gasteiger partial charge on any atom is 0.343 e. The second kappa shape index (κ2) is 9.47. The maximum atomic E-state index is 13.9. The first-order valence-electron chi connectivity index (χ1n) is 16.0. The number of ether oxygens (including phenoxy) is 4. The highest BCUT2D eigenvalue weighted by molar-refractivity contribution is 5.95. The van der Waals surface area contributed by atoms with Crippen LogP contribution in [0.2, 0.25) is 0 Å². The molecule has 4 aromatic rings. The van der Waals surface area contributed by atoms with Gasteiger partial charge in [-0.25, -0.2) is 4.79 Å². The molecule has 0 radical (unpaired) electrons. The van der Waals surface area contributed by atoms with Crippen LogP contribution in [0, 0.1) is 0 Å². The molecule has 2 unspecified atom stereocenters. The van der Waals surface area contributed by atoms with Gasteiger partial charge >= 0.3 is 5.97 Å². The van der Waals surface area contributed by atoms with Crippen molar-refractivity contribution in [2.24, 2.45) is 0 Å². The fourth-order valence-corrected chi connectivity index (χ4v) is 8.97. The van der Waals surface area contributed by atoms with Gasteiger partial charge in [0, 0.05) is 22.1 Å². The van der Waals surface area contributed by atoms with Crippen molar-refractivity contribution in [3.8, 4) is 23.0 Å². The third-order valence-corrected chi connectivity index (χ3v) is 11.0. The fraction of sp³-hybridized carbons (Fsp3) is 0.350. The van der Waals surface area contributed by atoms with Crippen LogP contribution in [0.4, 0.5) is 0 Å². The zero-order chi connectivity index (χ0) is 32.2. The molecule has 2 aliphatic heterocycles. The predicted octanol–water partition coefficient (Wildman–Crippen LogP) is 7.84. The van der Waals surface area contributed by atoms with E-state index in [2.05, 4.69) is 45.9 Å². The summed E-state index contributed by atoms with van der Waals surface area (Å²) in [6, 6.07) is 23.6. The van der Waals surface area contributed by atoms with E-state index < -0.39 is 11.4 Å². The first kappa shape index (κ1) is 28.9. The van der Waals surface area contributed by atoms with Gasteiger partial charge in [0.2, 0.25) is 0 Å². The number of benzene rings is 4. The van der Waals surface area contributed by atoms with Crippen LogP contribution in [0.3, 0.4) is 0 Å². The van der Waals surface area contributed by atoms with Crippen molar-refractivity contribution in [3.05, 3.63) is 117 Å². The topological polar surface area (TPSA) is 71.1 Å². The lowest BCUT2D eigenvalue weighted by Crippen LogP contribution is -2.31. The Hall–Kier alpha value is -4.58. The van der Waals surface area contributed by atoms with E-state index in [4.69, 9.17) is 18.9 Å². The number of Topliss-reactive ketones (excluding diaryl/α,β-unsaturated/α-hetero) is 1. The van der Waals surface area contributed by atoms with Crippen LogP contribution in [0.25, 0.3) is 0 Å². The van der Waals surface area contributed by atoms with Gasteiger partial charge in [-0.15, -0.1) is 0 Å². The van der Waals surface area contributed by atoms with Crippen LogP contribution in [-0.2, 0) is 21.7 Å². The monoisotopic (exact) mass is 614 g/mol. The predicted molar refractivity (Wildman–Crippen MR) is 175 cm³/mol. The highest BCUT2D eigenvalue weighted by Crippen LogP contribution is 2.63. The minimum atomic E-state index is -0.505. The van der Waals surface area contributed by atoms with E-state index in [0.717, 1.165) is 52.3 Å². The minimum Gasteiger partial charge on any atom is -0.497 e. The molecule has 0 saturated carbocycles. The Morgan fingerprint density at radius 1 is 0.609 bits per heavy atom. The molecule has 0 N–H and O–H groups in total. The molecular formula is C40H38O6. The summed E-state index contributed by atoms with van der Waals surface area (Å²) in [5.41, 5.74) is 7.09. The van der Waals surface area contributed by atoms with Crippen molar-refractivity contribution in [3.63, 3.8) is 0 Å². The molecule has 2 spiro atoms. The van der Waals surface area contributed by atoms with Crippen LogP contribution < -0.4 is 18.9 Å². The average molecular weight is 615 g/mol. The van der Waals surface area contributed by atoms with E-state index in [1.807, 2.05) is 48.5 Å². The summed E-state index contributed by atoms with van der Waals surface area (Å²) in [5, 5.41) is 0. The number of hydrogen-bond acceptors (Lipinski definition) is 6. The summed E-state index contributed by atoms with van der Waals surface area (Å²) < 4.78 is 23.8. The van der Waals surface area contributed by atoms with Crippen LogP contribution in [0.15, 0.2) is 72.8 Å². The Morgan fingerprint density at radius 3 is 1.70 bits per heavy atom. The Balaban J connectivity index is 1.16. The van der Waals surface area contributed by atoms with Gasteiger partial charge in [-0.05, 0) is 107 Å². The molecule has 46 heavy (non-hydrogen) atoms. The van der Waals surface area contributed by atoms with Gasteiger partial charge in [0.15, 0.2) is 5.78 Å². The Kier molecular flexibility index (Phi) is 5.95. The van der Waals surface area contributed by atoms with Crippen molar-refractivity contribution in [2.45, 2.75) is 69.1 Å². The van der Waals surface area contributed by atoms with Gasteiger partial charge in [-0.1, -0.05) is 45.9 Å². The number of methoxy groups -OCH3 is 1. The average Bonchev–Trinajstić information content (AvgIpc) is 3.72. The van der Waals surface area contributed by atoms with E-state index >= 15 is 0 Å². The normalized spacial score (nSPS) is 23.7. The zero-order valence-electron chi connectivity index (χ0n) is 27.2. The van der Waals surface area contributed by atoms with E-state index in [9.17, 15) is 9.59 Å². The number of rotatable bonds is 4. The van der Waals surface area contributed by atoms with Crippen LogP contribution in [-0.4, -0.2) is 32.1 Å². The standard InChI is InChI=1S/C40H38O6/c1-23(41)24-7-11-28-30(15-24)39(19-37(28,2)3)20-38(4,5)29-12-8-25(16-31(29)39)36(42)46-27-10-14-35-33(18-27)40(22-45-35)21-44-34-13-9-26(43-6)17-32(34)40/h7-18H,19-22H2,1-6H3. The highest BCUT2D eigenvalue weighted by Gasteiger charge is 2.56. The summed E-state index contributed by atoms with van der Waals surface area (Å²) >= 11 is 0. The number of carbonyl (C=O) groups is 2. The summed E-state index contributed by atoms with van der Waals surface area (Å²) in [4.78, 5) is 26.3. The lowest BCUT2D eigenvalue weighted by atomic mass is 9.72. The van der Waals surface area contributed by atoms with Gasteiger partial charge in [0.1, 0.15) is 36.2 Å². The van der Waals surface area contributed by atoms with Gasteiger partial charge < -0.3 is 18.9 Å². The molecular weight excluding hydrogens is 576 g/mol.